The number of piperidine rings is 1. The van der Waals surface area contributed by atoms with E-state index in [1.54, 1.807) is 34.1 Å². The van der Waals surface area contributed by atoms with Gasteiger partial charge in [0.15, 0.2) is 0 Å². The van der Waals surface area contributed by atoms with Crippen molar-refractivity contribution in [1.82, 2.24) is 9.80 Å². The molecule has 0 saturated carbocycles. The number of carbonyl (C=O) groups is 2. The van der Waals surface area contributed by atoms with Crippen molar-refractivity contribution in [3.05, 3.63) is 34.9 Å². The maximum Gasteiger partial charge on any atom is 0.253 e. The molecule has 21 heavy (non-hydrogen) atoms. The van der Waals surface area contributed by atoms with Crippen molar-refractivity contribution < 1.29 is 9.59 Å². The van der Waals surface area contributed by atoms with Crippen LogP contribution in [0, 0.1) is 5.92 Å². The number of hydrogen-bond acceptors (Lipinski definition) is 2. The Balaban J connectivity index is 2.05. The van der Waals surface area contributed by atoms with Gasteiger partial charge >= 0.3 is 0 Å². The van der Waals surface area contributed by atoms with Gasteiger partial charge in [0, 0.05) is 37.3 Å². The van der Waals surface area contributed by atoms with Crippen LogP contribution in [-0.4, -0.2) is 48.3 Å². The summed E-state index contributed by atoms with van der Waals surface area (Å²) < 4.78 is 0. The number of halogens is 1. The Kier molecular flexibility index (Phi) is 5.23. The molecule has 1 atom stereocenters. The normalized spacial score (nSPS) is 18.4. The molecule has 0 radical (unpaired) electrons. The second kappa shape index (κ2) is 6.94. The third-order valence-corrected chi connectivity index (χ3v) is 4.25. The fourth-order valence-electron chi connectivity index (χ4n) is 2.61. The summed E-state index contributed by atoms with van der Waals surface area (Å²) in [5, 5.41) is 0.614. The predicted octanol–water partition coefficient (Wildman–Crippen LogP) is 2.67. The van der Waals surface area contributed by atoms with Crippen LogP contribution in [0.25, 0.3) is 0 Å². The molecule has 1 aliphatic heterocycles. The molecule has 1 fully saturated rings. The SMILES string of the molecule is CCN(C)C(=O)C1CCCN(C(=O)c2ccc(Cl)cc2)C1. The Hall–Kier alpha value is -1.55. The van der Waals surface area contributed by atoms with E-state index < -0.39 is 0 Å². The minimum atomic E-state index is -0.0834. The smallest absolute Gasteiger partial charge is 0.253 e. The van der Waals surface area contributed by atoms with Crippen molar-refractivity contribution in [1.29, 1.82) is 0 Å². The Bertz CT molecular complexity index is 516. The lowest BCUT2D eigenvalue weighted by Gasteiger charge is -2.33. The number of nitrogens with zero attached hydrogens (tertiary/aromatic N) is 2. The molecule has 0 spiro atoms. The third-order valence-electron chi connectivity index (χ3n) is 4.00. The van der Waals surface area contributed by atoms with Crippen molar-refractivity contribution in [3.63, 3.8) is 0 Å². The van der Waals surface area contributed by atoms with Gasteiger partial charge in [-0.15, -0.1) is 0 Å². The second-order valence-electron chi connectivity index (χ2n) is 5.45. The molecule has 1 aromatic carbocycles. The van der Waals surface area contributed by atoms with E-state index in [2.05, 4.69) is 0 Å². The van der Waals surface area contributed by atoms with Gasteiger partial charge in [0.25, 0.3) is 5.91 Å². The fraction of sp³-hybridized carbons (Fsp3) is 0.500. The van der Waals surface area contributed by atoms with Crippen molar-refractivity contribution >= 4 is 23.4 Å². The third kappa shape index (κ3) is 3.76. The van der Waals surface area contributed by atoms with Crippen LogP contribution in [0.4, 0.5) is 0 Å². The average molecular weight is 309 g/mol. The van der Waals surface area contributed by atoms with Crippen LogP contribution in [0.5, 0.6) is 0 Å². The van der Waals surface area contributed by atoms with Gasteiger partial charge in [-0.1, -0.05) is 11.6 Å². The van der Waals surface area contributed by atoms with Crippen molar-refractivity contribution in [2.24, 2.45) is 5.92 Å². The molecule has 114 valence electrons. The molecular formula is C16H21ClN2O2. The molecule has 0 aliphatic carbocycles. The molecule has 1 aromatic rings. The standard InChI is InChI=1S/C16H21ClN2O2/c1-3-18(2)15(20)13-5-4-10-19(11-13)16(21)12-6-8-14(17)9-7-12/h6-9,13H,3-5,10-11H2,1-2H3. The van der Waals surface area contributed by atoms with Crippen LogP contribution >= 0.6 is 11.6 Å². The van der Waals surface area contributed by atoms with Crippen LogP contribution in [0.2, 0.25) is 5.02 Å². The largest absolute Gasteiger partial charge is 0.346 e. The van der Waals surface area contributed by atoms with E-state index in [1.807, 2.05) is 14.0 Å². The molecular weight excluding hydrogens is 288 g/mol. The summed E-state index contributed by atoms with van der Waals surface area (Å²) in [4.78, 5) is 28.2. The molecule has 1 heterocycles. The number of likely N-dealkylation sites (tertiary alicyclic amines) is 1. The van der Waals surface area contributed by atoms with Crippen LogP contribution in [0.15, 0.2) is 24.3 Å². The summed E-state index contributed by atoms with van der Waals surface area (Å²) >= 11 is 5.84. The van der Waals surface area contributed by atoms with Crippen LogP contribution in [0.1, 0.15) is 30.1 Å². The predicted molar refractivity (Wildman–Crippen MR) is 83.4 cm³/mol. The van der Waals surface area contributed by atoms with Crippen LogP contribution < -0.4 is 0 Å². The lowest BCUT2D eigenvalue weighted by molar-refractivity contribution is -0.135. The number of hydrogen-bond donors (Lipinski definition) is 0. The van der Waals surface area contributed by atoms with Crippen LogP contribution in [-0.2, 0) is 4.79 Å². The van der Waals surface area contributed by atoms with Gasteiger partial charge in [0.1, 0.15) is 0 Å². The van der Waals surface area contributed by atoms with Gasteiger partial charge in [-0.25, -0.2) is 0 Å². The quantitative estimate of drug-likeness (QED) is 0.861. The summed E-state index contributed by atoms with van der Waals surface area (Å²) in [5.74, 6) is 0.0226. The summed E-state index contributed by atoms with van der Waals surface area (Å²) in [6.07, 6.45) is 1.72. The topological polar surface area (TPSA) is 40.6 Å². The van der Waals surface area contributed by atoms with Gasteiger partial charge in [-0.3, -0.25) is 9.59 Å². The molecule has 1 aliphatic rings. The fourth-order valence-corrected chi connectivity index (χ4v) is 2.73. The minimum absolute atomic E-state index is 0.0247. The van der Waals surface area contributed by atoms with Gasteiger partial charge in [0.05, 0.1) is 5.92 Å². The Morgan fingerprint density at radius 2 is 2.00 bits per heavy atom. The highest BCUT2D eigenvalue weighted by atomic mass is 35.5. The highest BCUT2D eigenvalue weighted by molar-refractivity contribution is 6.30. The number of benzene rings is 1. The molecule has 2 amide bonds. The molecule has 1 saturated heterocycles. The summed E-state index contributed by atoms with van der Waals surface area (Å²) in [6.45, 7) is 3.86. The molecule has 5 heteroatoms. The highest BCUT2D eigenvalue weighted by Crippen LogP contribution is 2.21. The van der Waals surface area contributed by atoms with E-state index in [0.717, 1.165) is 12.8 Å². The van der Waals surface area contributed by atoms with E-state index in [9.17, 15) is 9.59 Å². The van der Waals surface area contributed by atoms with Gasteiger partial charge in [0.2, 0.25) is 5.91 Å². The minimum Gasteiger partial charge on any atom is -0.346 e. The first kappa shape index (κ1) is 15.8. The van der Waals surface area contributed by atoms with Crippen LogP contribution in [0.3, 0.4) is 0 Å². The first-order valence-corrected chi connectivity index (χ1v) is 7.70. The van der Waals surface area contributed by atoms with Gasteiger partial charge in [-0.2, -0.15) is 0 Å². The molecule has 0 N–H and O–H groups in total. The lowest BCUT2D eigenvalue weighted by atomic mass is 9.96. The maximum absolute atomic E-state index is 12.5. The summed E-state index contributed by atoms with van der Waals surface area (Å²) in [6, 6.07) is 6.89. The Morgan fingerprint density at radius 1 is 1.33 bits per heavy atom. The van der Waals surface area contributed by atoms with E-state index >= 15 is 0 Å². The second-order valence-corrected chi connectivity index (χ2v) is 5.89. The van der Waals surface area contributed by atoms with E-state index in [-0.39, 0.29) is 17.7 Å². The summed E-state index contributed by atoms with van der Waals surface area (Å²) in [5.41, 5.74) is 0.622. The molecule has 4 nitrogen and oxygen atoms in total. The zero-order chi connectivity index (χ0) is 15.4. The van der Waals surface area contributed by atoms with E-state index in [1.165, 1.54) is 0 Å². The van der Waals surface area contributed by atoms with Crippen molar-refractivity contribution in [3.8, 4) is 0 Å². The van der Waals surface area contributed by atoms with Crippen molar-refractivity contribution in [2.75, 3.05) is 26.7 Å². The van der Waals surface area contributed by atoms with E-state index in [4.69, 9.17) is 11.6 Å². The van der Waals surface area contributed by atoms with Gasteiger partial charge < -0.3 is 9.80 Å². The number of amides is 2. The Labute approximate surface area is 130 Å². The highest BCUT2D eigenvalue weighted by Gasteiger charge is 2.30. The van der Waals surface area contributed by atoms with E-state index in [0.29, 0.717) is 30.2 Å². The van der Waals surface area contributed by atoms with Crippen molar-refractivity contribution in [2.45, 2.75) is 19.8 Å². The average Bonchev–Trinajstić information content (AvgIpc) is 2.53. The molecule has 1 unspecified atom stereocenters. The molecule has 0 bridgehead atoms. The zero-order valence-electron chi connectivity index (χ0n) is 12.5. The molecule has 0 aromatic heterocycles. The lowest BCUT2D eigenvalue weighted by Crippen LogP contribution is -2.45. The Morgan fingerprint density at radius 3 is 2.62 bits per heavy atom. The summed E-state index contributed by atoms with van der Waals surface area (Å²) in [7, 11) is 1.81. The monoisotopic (exact) mass is 308 g/mol. The number of carbonyl (C=O) groups excluding carboxylic acids is 2. The zero-order valence-corrected chi connectivity index (χ0v) is 13.3. The maximum atomic E-state index is 12.5. The first-order valence-electron chi connectivity index (χ1n) is 7.32. The van der Waals surface area contributed by atoms with Gasteiger partial charge in [-0.05, 0) is 44.0 Å². The molecule has 2 rings (SSSR count). The number of rotatable bonds is 3. The first-order chi connectivity index (χ1) is 10.0.